The molecule has 6 heteroatoms. The Morgan fingerprint density at radius 1 is 1.12 bits per heavy atom. The molecule has 0 unspecified atom stereocenters. The van der Waals surface area contributed by atoms with Crippen LogP contribution < -0.4 is 10.6 Å². The van der Waals surface area contributed by atoms with Crippen LogP contribution in [0, 0.1) is 0 Å². The predicted molar refractivity (Wildman–Crippen MR) is 141 cm³/mol. The summed E-state index contributed by atoms with van der Waals surface area (Å²) < 4.78 is 5.30. The highest BCUT2D eigenvalue weighted by Crippen LogP contribution is 2.29. The van der Waals surface area contributed by atoms with Gasteiger partial charge in [-0.3, -0.25) is 4.98 Å². The zero-order valence-electron chi connectivity index (χ0n) is 19.9. The number of hydrogen-bond acceptors (Lipinski definition) is 6. The van der Waals surface area contributed by atoms with E-state index in [1.165, 1.54) is 0 Å². The van der Waals surface area contributed by atoms with E-state index < -0.39 is 0 Å². The summed E-state index contributed by atoms with van der Waals surface area (Å²) in [6, 6.07) is 14.3. The van der Waals surface area contributed by atoms with Crippen molar-refractivity contribution in [3.05, 3.63) is 96.0 Å². The van der Waals surface area contributed by atoms with Gasteiger partial charge in [-0.05, 0) is 49.2 Å². The molecular weight excluding hydrogens is 422 g/mol. The van der Waals surface area contributed by atoms with Crippen LogP contribution in [0.4, 0.5) is 5.69 Å². The highest BCUT2D eigenvalue weighted by atomic mass is 16.5. The summed E-state index contributed by atoms with van der Waals surface area (Å²) in [5.74, 6) is 0. The third kappa shape index (κ3) is 5.30. The van der Waals surface area contributed by atoms with E-state index in [1.54, 1.807) is 7.11 Å². The second-order valence-electron chi connectivity index (χ2n) is 8.55. The molecule has 2 aromatic heterocycles. The van der Waals surface area contributed by atoms with E-state index in [1.807, 2.05) is 43.5 Å². The summed E-state index contributed by atoms with van der Waals surface area (Å²) in [7, 11) is 1.70. The average Bonchev–Trinajstić information content (AvgIpc) is 3.23. The summed E-state index contributed by atoms with van der Waals surface area (Å²) in [6.45, 7) is 12.8. The van der Waals surface area contributed by atoms with Crippen LogP contribution in [0.2, 0.25) is 0 Å². The maximum atomic E-state index is 5.87. The number of allylic oxidation sites excluding steroid dienone is 2. The number of rotatable bonds is 10. The molecular formula is C28H31N5O. The van der Waals surface area contributed by atoms with Crippen molar-refractivity contribution in [2.75, 3.05) is 31.6 Å². The topological polar surface area (TPSA) is 76.6 Å². The van der Waals surface area contributed by atoms with Gasteiger partial charge in [-0.1, -0.05) is 30.4 Å². The van der Waals surface area contributed by atoms with Crippen molar-refractivity contribution >= 4 is 28.0 Å². The van der Waals surface area contributed by atoms with Gasteiger partial charge in [-0.2, -0.15) is 0 Å². The molecule has 0 saturated carbocycles. The quantitative estimate of drug-likeness (QED) is 0.442. The highest BCUT2D eigenvalue weighted by molar-refractivity contribution is 6.33. The average molecular weight is 454 g/mol. The summed E-state index contributed by atoms with van der Waals surface area (Å²) in [6.07, 6.45) is 4.78. The molecule has 6 nitrogen and oxygen atoms in total. The first-order valence-electron chi connectivity index (χ1n) is 11.4. The van der Waals surface area contributed by atoms with E-state index in [0.29, 0.717) is 18.8 Å². The molecule has 1 aliphatic heterocycles. The smallest absolute Gasteiger partial charge is 0.0914 e. The summed E-state index contributed by atoms with van der Waals surface area (Å²) in [4.78, 5) is 16.6. The Morgan fingerprint density at radius 3 is 2.74 bits per heavy atom. The van der Waals surface area contributed by atoms with Crippen molar-refractivity contribution in [3.8, 4) is 0 Å². The van der Waals surface area contributed by atoms with Gasteiger partial charge in [0.25, 0.3) is 0 Å². The van der Waals surface area contributed by atoms with E-state index in [-0.39, 0.29) is 0 Å². The molecule has 1 aliphatic rings. The van der Waals surface area contributed by atoms with E-state index in [9.17, 15) is 0 Å². The van der Waals surface area contributed by atoms with Crippen LogP contribution >= 0.6 is 0 Å². The molecule has 0 radical (unpaired) electrons. The number of methoxy groups -OCH3 is 1. The van der Waals surface area contributed by atoms with Crippen LogP contribution in [0.3, 0.4) is 0 Å². The van der Waals surface area contributed by atoms with E-state index in [0.717, 1.165) is 69.9 Å². The number of anilines is 1. The number of nitrogens with zero attached hydrogens (tertiary/aromatic N) is 4. The fraction of sp³-hybridized carbons (Fsp3) is 0.250. The Kier molecular flexibility index (Phi) is 7.30. The Balaban J connectivity index is 1.69. The molecule has 0 spiro atoms. The predicted octanol–water partition coefficient (Wildman–Crippen LogP) is 4.91. The van der Waals surface area contributed by atoms with Crippen LogP contribution in [-0.2, 0) is 11.3 Å². The Morgan fingerprint density at radius 2 is 1.97 bits per heavy atom. The monoisotopic (exact) mass is 453 g/mol. The normalized spacial score (nSPS) is 13.2. The fourth-order valence-electron chi connectivity index (χ4n) is 4.03. The molecule has 174 valence electrons. The lowest BCUT2D eigenvalue weighted by molar-refractivity contribution is 0.185. The minimum atomic E-state index is 0.550. The lowest BCUT2D eigenvalue weighted by Gasteiger charge is -2.24. The van der Waals surface area contributed by atoms with E-state index >= 15 is 0 Å². The first kappa shape index (κ1) is 23.5. The molecule has 3 aromatic rings. The molecule has 3 heterocycles. The van der Waals surface area contributed by atoms with Crippen molar-refractivity contribution in [3.63, 3.8) is 0 Å². The number of aliphatic imine (C=N–C) groups is 1. The van der Waals surface area contributed by atoms with Crippen LogP contribution in [0.15, 0.2) is 84.2 Å². The Labute approximate surface area is 201 Å². The lowest BCUT2D eigenvalue weighted by atomic mass is 9.98. The van der Waals surface area contributed by atoms with Crippen molar-refractivity contribution in [2.24, 2.45) is 10.7 Å². The number of aromatic nitrogens is 2. The molecule has 0 bridgehead atoms. The van der Waals surface area contributed by atoms with Gasteiger partial charge in [0, 0.05) is 37.9 Å². The van der Waals surface area contributed by atoms with Gasteiger partial charge in [0.2, 0.25) is 0 Å². The summed E-state index contributed by atoms with van der Waals surface area (Å²) in [5, 5.41) is 0. The number of ether oxygens (including phenoxy) is 1. The summed E-state index contributed by atoms with van der Waals surface area (Å²) >= 11 is 0. The van der Waals surface area contributed by atoms with E-state index in [2.05, 4.69) is 41.2 Å². The molecule has 34 heavy (non-hydrogen) atoms. The Hall–Kier alpha value is -3.61. The second kappa shape index (κ2) is 10.5. The molecule has 0 aliphatic carbocycles. The molecule has 0 amide bonds. The maximum absolute atomic E-state index is 5.87. The van der Waals surface area contributed by atoms with Gasteiger partial charge in [0.15, 0.2) is 0 Å². The van der Waals surface area contributed by atoms with Crippen LogP contribution in [-0.4, -0.2) is 42.4 Å². The highest BCUT2D eigenvalue weighted by Gasteiger charge is 2.20. The molecule has 0 saturated heterocycles. The van der Waals surface area contributed by atoms with Crippen molar-refractivity contribution in [2.45, 2.75) is 20.0 Å². The second-order valence-corrected chi connectivity index (χ2v) is 8.55. The molecule has 1 aromatic carbocycles. The largest absolute Gasteiger partial charge is 0.380 e. The lowest BCUT2D eigenvalue weighted by Crippen LogP contribution is -2.30. The Bertz CT molecular complexity index is 1290. The van der Waals surface area contributed by atoms with Gasteiger partial charge < -0.3 is 15.4 Å². The number of pyridine rings is 2. The SMILES string of the molecule is C=C(C)CCN(CCN)c1cnc2ccc(C3=CC(=C)N=C3c3cccc(COC)c3)nc2c1. The summed E-state index contributed by atoms with van der Waals surface area (Å²) in [5.41, 5.74) is 15.2. The van der Waals surface area contributed by atoms with Gasteiger partial charge in [0.05, 0.1) is 46.6 Å². The van der Waals surface area contributed by atoms with Gasteiger partial charge in [0.1, 0.15) is 0 Å². The molecule has 2 N–H and O–H groups in total. The number of nitrogens with two attached hydrogens (primary N) is 1. The van der Waals surface area contributed by atoms with E-state index in [4.69, 9.17) is 20.4 Å². The fourth-order valence-corrected chi connectivity index (χ4v) is 4.03. The molecule has 4 rings (SSSR count). The van der Waals surface area contributed by atoms with Crippen molar-refractivity contribution in [1.29, 1.82) is 0 Å². The van der Waals surface area contributed by atoms with Crippen LogP contribution in [0.25, 0.3) is 16.6 Å². The third-order valence-corrected chi connectivity index (χ3v) is 5.70. The minimum absolute atomic E-state index is 0.550. The van der Waals surface area contributed by atoms with Crippen LogP contribution in [0.1, 0.15) is 30.2 Å². The first-order valence-corrected chi connectivity index (χ1v) is 11.4. The minimum Gasteiger partial charge on any atom is -0.380 e. The maximum Gasteiger partial charge on any atom is 0.0914 e. The van der Waals surface area contributed by atoms with Gasteiger partial charge in [-0.25, -0.2) is 9.98 Å². The van der Waals surface area contributed by atoms with Crippen molar-refractivity contribution in [1.82, 2.24) is 9.97 Å². The zero-order valence-corrected chi connectivity index (χ0v) is 19.9. The molecule has 0 fully saturated rings. The van der Waals surface area contributed by atoms with Gasteiger partial charge in [-0.15, -0.1) is 6.58 Å². The number of fused-ring (bicyclic) bond motifs is 1. The number of benzene rings is 1. The first-order chi connectivity index (χ1) is 16.5. The van der Waals surface area contributed by atoms with Crippen molar-refractivity contribution < 1.29 is 4.74 Å². The number of hydrogen-bond donors (Lipinski definition) is 1. The zero-order chi connectivity index (χ0) is 24.1. The molecule has 0 atom stereocenters. The van der Waals surface area contributed by atoms with Crippen LogP contribution in [0.5, 0.6) is 0 Å². The standard InChI is InChI=1S/C28H31N5O/c1-19(2)10-12-33(13-11-29)23-16-27-26(30-17-23)9-8-25(32-27)24-14-20(3)31-28(24)22-7-5-6-21(15-22)18-34-4/h5-9,14-17H,1,3,10-13,18,29H2,2,4H3. The van der Waals surface area contributed by atoms with Gasteiger partial charge >= 0.3 is 0 Å². The third-order valence-electron chi connectivity index (χ3n) is 5.70.